The molecule has 2 aromatic rings. The Morgan fingerprint density at radius 3 is 2.21 bits per heavy atom. The highest BCUT2D eigenvalue weighted by Crippen LogP contribution is 2.69. The number of carbonyl (C=O) groups excluding carboxylic acids is 1. The molecule has 1 aliphatic rings. The smallest absolute Gasteiger partial charge is 0.378 e. The van der Waals surface area contributed by atoms with Gasteiger partial charge in [-0.1, -0.05) is 42.5 Å². The molecule has 0 aromatic heterocycles. The molecule has 1 atom stereocenters. The van der Waals surface area contributed by atoms with Crippen LogP contribution in [0.25, 0.3) is 5.57 Å². The molecule has 3 rings (SSSR count). The highest BCUT2D eigenvalue weighted by Gasteiger charge is 2.57. The first kappa shape index (κ1) is 20.5. The van der Waals surface area contributed by atoms with Gasteiger partial charge in [0, 0.05) is 18.1 Å². The maximum atomic E-state index is 13.9. The summed E-state index contributed by atoms with van der Waals surface area (Å²) >= 11 is 0. The van der Waals surface area contributed by atoms with Gasteiger partial charge in [0.05, 0.1) is 13.2 Å². The largest absolute Gasteiger partial charge is 0.437 e. The second-order valence-corrected chi connectivity index (χ2v) is 8.49. The summed E-state index contributed by atoms with van der Waals surface area (Å²) in [6.07, 6.45) is 1.41. The van der Waals surface area contributed by atoms with Crippen LogP contribution < -0.4 is 0 Å². The van der Waals surface area contributed by atoms with Crippen molar-refractivity contribution in [2.45, 2.75) is 25.6 Å². The van der Waals surface area contributed by atoms with Crippen LogP contribution in [0.3, 0.4) is 0 Å². The summed E-state index contributed by atoms with van der Waals surface area (Å²) in [5, 5.41) is -1.63. The third kappa shape index (κ3) is 3.81. The van der Waals surface area contributed by atoms with Crippen LogP contribution >= 0.6 is 7.60 Å². The number of carbonyl (C=O) groups is 1. The minimum atomic E-state index is -3.91. The topological polar surface area (TPSA) is 61.8 Å². The third-order valence-corrected chi connectivity index (χ3v) is 7.06. The van der Waals surface area contributed by atoms with Gasteiger partial charge in [-0.2, -0.15) is 0 Å². The molecular formula is C21H22FO5P. The number of cyclic esters (lactones) is 1. The lowest BCUT2D eigenvalue weighted by Gasteiger charge is -2.40. The average molecular weight is 404 g/mol. The van der Waals surface area contributed by atoms with Gasteiger partial charge >= 0.3 is 13.6 Å². The second kappa shape index (κ2) is 8.39. The molecule has 1 heterocycles. The van der Waals surface area contributed by atoms with Crippen molar-refractivity contribution in [2.75, 3.05) is 13.2 Å². The Kier molecular flexibility index (Phi) is 6.14. The number of halogens is 1. The monoisotopic (exact) mass is 404 g/mol. The molecule has 5 nitrogen and oxygen atoms in total. The van der Waals surface area contributed by atoms with Gasteiger partial charge in [0.1, 0.15) is 5.82 Å². The summed E-state index contributed by atoms with van der Waals surface area (Å²) in [6.45, 7) is 3.65. The lowest BCUT2D eigenvalue weighted by atomic mass is 9.93. The molecule has 0 bridgehead atoms. The fourth-order valence-electron chi connectivity index (χ4n) is 3.29. The average Bonchev–Trinajstić information content (AvgIpc) is 2.69. The van der Waals surface area contributed by atoms with Crippen LogP contribution in [-0.4, -0.2) is 19.2 Å². The Morgan fingerprint density at radius 1 is 1.04 bits per heavy atom. The van der Waals surface area contributed by atoms with Crippen molar-refractivity contribution in [3.8, 4) is 0 Å². The quantitative estimate of drug-likeness (QED) is 0.464. The van der Waals surface area contributed by atoms with E-state index < -0.39 is 18.9 Å². The van der Waals surface area contributed by atoms with Crippen LogP contribution in [0.1, 0.15) is 31.4 Å². The van der Waals surface area contributed by atoms with Gasteiger partial charge in [-0.05, 0) is 37.1 Å². The molecule has 1 aliphatic heterocycles. The normalized spacial score (nSPS) is 19.8. The molecule has 7 heteroatoms. The molecule has 0 radical (unpaired) electrons. The van der Waals surface area contributed by atoms with Crippen LogP contribution in [0, 0.1) is 5.82 Å². The van der Waals surface area contributed by atoms with E-state index in [4.69, 9.17) is 13.8 Å². The number of benzene rings is 2. The molecule has 0 aliphatic carbocycles. The van der Waals surface area contributed by atoms with E-state index in [2.05, 4.69) is 0 Å². The maximum Gasteiger partial charge on any atom is 0.378 e. The van der Waals surface area contributed by atoms with Crippen LogP contribution in [0.4, 0.5) is 4.39 Å². The summed E-state index contributed by atoms with van der Waals surface area (Å²) in [7, 11) is -3.91. The molecule has 0 saturated heterocycles. The minimum absolute atomic E-state index is 0.0751. The molecule has 0 unspecified atom stereocenters. The zero-order chi connectivity index (χ0) is 20.2. The molecule has 148 valence electrons. The lowest BCUT2D eigenvalue weighted by molar-refractivity contribution is -0.149. The molecule has 0 spiro atoms. The SMILES string of the molecule is CCOP(=O)(OCC)[C@@]1(c2ccccc2)CC(c2ccc(F)cc2)=CC(=O)O1. The lowest BCUT2D eigenvalue weighted by Crippen LogP contribution is -2.37. The van der Waals surface area contributed by atoms with E-state index in [1.807, 2.05) is 6.07 Å². The van der Waals surface area contributed by atoms with Gasteiger partial charge in [-0.15, -0.1) is 0 Å². The first-order valence-electron chi connectivity index (χ1n) is 9.08. The molecule has 2 aromatic carbocycles. The van der Waals surface area contributed by atoms with E-state index in [9.17, 15) is 13.8 Å². The van der Waals surface area contributed by atoms with Crippen LogP contribution in [0.5, 0.6) is 0 Å². The summed E-state index contributed by atoms with van der Waals surface area (Å²) in [5.74, 6) is -1.04. The van der Waals surface area contributed by atoms with E-state index in [-0.39, 0.29) is 25.5 Å². The van der Waals surface area contributed by atoms with Gasteiger partial charge in [0.15, 0.2) is 0 Å². The van der Waals surface area contributed by atoms with Gasteiger partial charge < -0.3 is 13.8 Å². The van der Waals surface area contributed by atoms with Crippen molar-refractivity contribution in [2.24, 2.45) is 0 Å². The van der Waals surface area contributed by atoms with E-state index in [0.717, 1.165) is 0 Å². The standard InChI is InChI=1S/C21H22FO5P/c1-3-25-28(24,26-4-2)21(18-8-6-5-7-9-18)15-17(14-20(23)27-21)16-10-12-19(22)13-11-16/h5-14H,3-4,15H2,1-2H3/t21-/m1/s1. The predicted octanol–water partition coefficient (Wildman–Crippen LogP) is 5.28. The van der Waals surface area contributed by atoms with E-state index in [1.165, 1.54) is 18.2 Å². The van der Waals surface area contributed by atoms with Gasteiger partial charge in [-0.25, -0.2) is 9.18 Å². The Balaban J connectivity index is 2.17. The van der Waals surface area contributed by atoms with Crippen LogP contribution in [0.2, 0.25) is 0 Å². The fraction of sp³-hybridized carbons (Fsp3) is 0.286. The summed E-state index contributed by atoms with van der Waals surface area (Å²) < 4.78 is 44.1. The zero-order valence-corrected chi connectivity index (χ0v) is 16.7. The zero-order valence-electron chi connectivity index (χ0n) is 15.8. The van der Waals surface area contributed by atoms with Gasteiger partial charge in [0.2, 0.25) is 5.34 Å². The third-order valence-electron chi connectivity index (χ3n) is 4.47. The van der Waals surface area contributed by atoms with Crippen molar-refractivity contribution >= 4 is 19.1 Å². The molecular weight excluding hydrogens is 382 g/mol. The van der Waals surface area contributed by atoms with Crippen molar-refractivity contribution in [1.82, 2.24) is 0 Å². The Bertz CT molecular complexity index is 900. The molecule has 28 heavy (non-hydrogen) atoms. The van der Waals surface area contributed by atoms with Crippen molar-refractivity contribution in [3.05, 3.63) is 77.6 Å². The summed E-state index contributed by atoms with van der Waals surface area (Å²) in [4.78, 5) is 12.6. The maximum absolute atomic E-state index is 13.9. The van der Waals surface area contributed by atoms with E-state index >= 15 is 0 Å². The predicted molar refractivity (Wildman–Crippen MR) is 104 cm³/mol. The highest BCUT2D eigenvalue weighted by atomic mass is 31.2. The van der Waals surface area contributed by atoms with E-state index in [1.54, 1.807) is 50.2 Å². The molecule has 0 N–H and O–H groups in total. The number of rotatable bonds is 7. The first-order valence-corrected chi connectivity index (χ1v) is 10.6. The Hall–Kier alpha value is -2.27. The van der Waals surface area contributed by atoms with Crippen molar-refractivity contribution in [1.29, 1.82) is 0 Å². The first-order chi connectivity index (χ1) is 13.4. The number of hydrogen-bond donors (Lipinski definition) is 0. The fourth-order valence-corrected chi connectivity index (χ4v) is 5.49. The minimum Gasteiger partial charge on any atom is -0.437 e. The van der Waals surface area contributed by atoms with Crippen molar-refractivity contribution < 1.29 is 27.5 Å². The van der Waals surface area contributed by atoms with Crippen LogP contribution in [-0.2, 0) is 28.5 Å². The summed E-state index contributed by atoms with van der Waals surface area (Å²) in [6, 6.07) is 14.6. The summed E-state index contributed by atoms with van der Waals surface area (Å²) in [5.41, 5.74) is 1.72. The Morgan fingerprint density at radius 2 is 1.64 bits per heavy atom. The van der Waals surface area contributed by atoms with Gasteiger partial charge in [0.25, 0.3) is 0 Å². The van der Waals surface area contributed by atoms with Gasteiger partial charge in [-0.3, -0.25) is 4.57 Å². The number of esters is 1. The molecule has 0 fully saturated rings. The molecule has 0 saturated carbocycles. The van der Waals surface area contributed by atoms with E-state index in [0.29, 0.717) is 16.7 Å². The number of hydrogen-bond acceptors (Lipinski definition) is 5. The second-order valence-electron chi connectivity index (χ2n) is 6.26. The highest BCUT2D eigenvalue weighted by molar-refractivity contribution is 7.55. The molecule has 0 amide bonds. The number of ether oxygens (including phenoxy) is 1. The van der Waals surface area contributed by atoms with Crippen LogP contribution in [0.15, 0.2) is 60.7 Å². The van der Waals surface area contributed by atoms with Crippen molar-refractivity contribution in [3.63, 3.8) is 0 Å². The Labute approximate surface area is 163 Å².